The molecule has 15 rings (SSSR count). The Morgan fingerprint density at radius 1 is 0.243 bits per heavy atom. The highest BCUT2D eigenvalue weighted by Gasteiger charge is 2.27. The number of hydrogen-bond acceptors (Lipinski definition) is 3. The third-order valence-corrected chi connectivity index (χ3v) is 14.9. The van der Waals surface area contributed by atoms with E-state index >= 15 is 0 Å². The van der Waals surface area contributed by atoms with Crippen LogP contribution in [0, 0.1) is 0 Å². The van der Waals surface area contributed by atoms with Gasteiger partial charge in [0.15, 0.2) is 11.6 Å². The van der Waals surface area contributed by atoms with Gasteiger partial charge in [0.05, 0.1) is 22.1 Å². The molecule has 5 heteroatoms. The fourth-order valence-electron chi connectivity index (χ4n) is 11.6. The number of hydrogen-bond donors (Lipinski definition) is 0. The first kappa shape index (κ1) is 41.8. The maximum Gasteiger partial charge on any atom is 0.238 e. The van der Waals surface area contributed by atoms with Gasteiger partial charge in [-0.15, -0.1) is 0 Å². The predicted molar refractivity (Wildman–Crippen MR) is 308 cm³/mol. The Labute approximate surface area is 426 Å². The fourth-order valence-corrected chi connectivity index (χ4v) is 11.6. The van der Waals surface area contributed by atoms with E-state index in [0.29, 0.717) is 17.6 Å². The zero-order valence-electron chi connectivity index (χ0n) is 40.1. The van der Waals surface area contributed by atoms with Crippen molar-refractivity contribution in [2.24, 2.45) is 0 Å². The molecule has 0 spiro atoms. The average Bonchev–Trinajstić information content (AvgIpc) is 4.01. The third kappa shape index (κ3) is 6.60. The van der Waals surface area contributed by atoms with E-state index in [-0.39, 0.29) is 0 Å². The van der Waals surface area contributed by atoms with Crippen molar-refractivity contribution in [3.63, 3.8) is 0 Å². The SMILES string of the molecule is c1ccc(-c2ccc(-n3c4ccccc4c4c(-c5ccc6c7ccccc7c7ccccc7c6c5)cc5c6ccccc6n(-c6nc(-c7ccccc7)nc(-c7cccc(-c8ccccc8)c7)n6)c5c43)cc2)cc1. The Morgan fingerprint density at radius 3 is 1.35 bits per heavy atom. The summed E-state index contributed by atoms with van der Waals surface area (Å²) in [6.45, 7) is 0. The molecule has 12 aromatic carbocycles. The number of rotatable bonds is 7. The second kappa shape index (κ2) is 16.8. The summed E-state index contributed by atoms with van der Waals surface area (Å²) >= 11 is 0. The molecule has 3 aromatic heterocycles. The van der Waals surface area contributed by atoms with E-state index in [2.05, 4.69) is 246 Å². The monoisotopic (exact) mass is 941 g/mol. The van der Waals surface area contributed by atoms with Crippen molar-refractivity contribution in [2.75, 3.05) is 0 Å². The summed E-state index contributed by atoms with van der Waals surface area (Å²) in [5.74, 6) is 1.74. The van der Waals surface area contributed by atoms with E-state index < -0.39 is 0 Å². The lowest BCUT2D eigenvalue weighted by molar-refractivity contribution is 0.953. The minimum absolute atomic E-state index is 0.541. The summed E-state index contributed by atoms with van der Waals surface area (Å²) < 4.78 is 4.76. The fraction of sp³-hybridized carbons (Fsp3) is 0. The van der Waals surface area contributed by atoms with Crippen molar-refractivity contribution in [1.82, 2.24) is 24.1 Å². The van der Waals surface area contributed by atoms with Gasteiger partial charge in [0, 0.05) is 38.4 Å². The van der Waals surface area contributed by atoms with Crippen molar-refractivity contribution in [2.45, 2.75) is 0 Å². The van der Waals surface area contributed by atoms with Gasteiger partial charge in [0.1, 0.15) is 0 Å². The normalized spacial score (nSPS) is 11.8. The summed E-state index contributed by atoms with van der Waals surface area (Å²) in [4.78, 5) is 16.2. The maximum atomic E-state index is 5.52. The van der Waals surface area contributed by atoms with Gasteiger partial charge in [0.2, 0.25) is 5.95 Å². The zero-order valence-corrected chi connectivity index (χ0v) is 40.1. The smallest absolute Gasteiger partial charge is 0.238 e. The molecule has 74 heavy (non-hydrogen) atoms. The topological polar surface area (TPSA) is 48.5 Å². The Hall–Kier alpha value is -9.97. The van der Waals surface area contributed by atoms with Gasteiger partial charge in [-0.05, 0) is 108 Å². The molecule has 0 bridgehead atoms. The largest absolute Gasteiger partial charge is 0.307 e. The van der Waals surface area contributed by atoms with Crippen LogP contribution in [-0.2, 0) is 0 Å². The second-order valence-electron chi connectivity index (χ2n) is 19.1. The quantitative estimate of drug-likeness (QED) is 0.150. The molecule has 0 amide bonds. The Kier molecular flexibility index (Phi) is 9.50. The molecule has 0 N–H and O–H groups in total. The van der Waals surface area contributed by atoms with E-state index in [1.165, 1.54) is 37.9 Å². The molecule has 0 radical (unpaired) electrons. The van der Waals surface area contributed by atoms with Crippen molar-refractivity contribution in [1.29, 1.82) is 0 Å². The first-order chi connectivity index (χ1) is 36.7. The summed E-state index contributed by atoms with van der Waals surface area (Å²) in [5.41, 5.74) is 13.9. The van der Waals surface area contributed by atoms with E-state index in [1.807, 2.05) is 24.3 Å². The van der Waals surface area contributed by atoms with Gasteiger partial charge in [-0.1, -0.05) is 218 Å². The Bertz CT molecular complexity index is 4650. The number of aromatic nitrogens is 5. The molecule has 0 aliphatic heterocycles. The molecule has 0 saturated heterocycles. The highest BCUT2D eigenvalue weighted by Crippen LogP contribution is 2.48. The van der Waals surface area contributed by atoms with Crippen molar-refractivity contribution in [3.8, 4) is 67.8 Å². The van der Waals surface area contributed by atoms with Gasteiger partial charge in [-0.25, -0.2) is 4.98 Å². The highest BCUT2D eigenvalue weighted by atomic mass is 15.2. The third-order valence-electron chi connectivity index (χ3n) is 14.9. The van der Waals surface area contributed by atoms with Crippen LogP contribution in [0.15, 0.2) is 261 Å². The number of para-hydroxylation sites is 2. The lowest BCUT2D eigenvalue weighted by Crippen LogP contribution is -2.07. The lowest BCUT2D eigenvalue weighted by atomic mass is 9.90. The average molecular weight is 942 g/mol. The standard InChI is InChI=1S/C69H43N5/c1-4-19-44(20-5-1)46-35-38-51(39-36-46)73-63-34-17-15-32-58(63)64-59(49-37-40-56-54-29-11-10-27-52(54)53-28-12-13-30-55(53)60(56)42-49)43-61-57-31-14-16-33-62(57)74(65(61)66(64)73)69-71-67(47-23-8-3-9-24-47)70-68(72-69)50-26-18-25-48(41-50)45-21-6-2-7-22-45/h1-43H. The molecule has 0 aliphatic rings. The first-order valence-electron chi connectivity index (χ1n) is 25.2. The van der Waals surface area contributed by atoms with Gasteiger partial charge < -0.3 is 4.57 Å². The van der Waals surface area contributed by atoms with Crippen LogP contribution in [0.4, 0.5) is 0 Å². The highest BCUT2D eigenvalue weighted by molar-refractivity contribution is 6.30. The van der Waals surface area contributed by atoms with Crippen molar-refractivity contribution in [3.05, 3.63) is 261 Å². The molecule has 0 saturated carbocycles. The summed E-state index contributed by atoms with van der Waals surface area (Å²) in [5, 5.41) is 12.0. The van der Waals surface area contributed by atoms with E-state index in [4.69, 9.17) is 15.0 Å². The van der Waals surface area contributed by atoms with Crippen LogP contribution in [0.3, 0.4) is 0 Å². The minimum atomic E-state index is 0.541. The van der Waals surface area contributed by atoms with Gasteiger partial charge in [-0.2, -0.15) is 9.97 Å². The molecular formula is C69H43N5. The van der Waals surface area contributed by atoms with Crippen LogP contribution in [0.5, 0.6) is 0 Å². The van der Waals surface area contributed by atoms with Crippen LogP contribution < -0.4 is 0 Å². The minimum Gasteiger partial charge on any atom is -0.307 e. The first-order valence-corrected chi connectivity index (χ1v) is 25.2. The molecule has 344 valence electrons. The predicted octanol–water partition coefficient (Wildman–Crippen LogP) is 17.9. The molecule has 0 atom stereocenters. The van der Waals surface area contributed by atoms with Gasteiger partial charge in [-0.3, -0.25) is 4.57 Å². The van der Waals surface area contributed by atoms with Gasteiger partial charge in [0.25, 0.3) is 0 Å². The number of fused-ring (bicyclic) bond motifs is 13. The van der Waals surface area contributed by atoms with Crippen LogP contribution in [0.25, 0.3) is 144 Å². The molecule has 0 aliphatic carbocycles. The van der Waals surface area contributed by atoms with Crippen LogP contribution in [0.1, 0.15) is 0 Å². The molecule has 0 unspecified atom stereocenters. The number of nitrogens with zero attached hydrogens (tertiary/aromatic N) is 5. The van der Waals surface area contributed by atoms with E-state index in [1.54, 1.807) is 0 Å². The summed E-state index contributed by atoms with van der Waals surface area (Å²) in [6.07, 6.45) is 0. The van der Waals surface area contributed by atoms with Crippen LogP contribution in [0.2, 0.25) is 0 Å². The van der Waals surface area contributed by atoms with E-state index in [0.717, 1.165) is 88.2 Å². The summed E-state index contributed by atoms with van der Waals surface area (Å²) in [6, 6.07) is 93.7. The van der Waals surface area contributed by atoms with Gasteiger partial charge >= 0.3 is 0 Å². The van der Waals surface area contributed by atoms with Crippen molar-refractivity contribution < 1.29 is 0 Å². The maximum absolute atomic E-state index is 5.52. The lowest BCUT2D eigenvalue weighted by Gasteiger charge is -2.16. The summed E-state index contributed by atoms with van der Waals surface area (Å²) in [7, 11) is 0. The van der Waals surface area contributed by atoms with Crippen molar-refractivity contribution >= 4 is 75.9 Å². The Balaban J connectivity index is 1.08. The molecule has 3 heterocycles. The van der Waals surface area contributed by atoms with Crippen LogP contribution >= 0.6 is 0 Å². The number of benzene rings is 12. The molecular weight excluding hydrogens is 899 g/mol. The Morgan fingerprint density at radius 2 is 0.703 bits per heavy atom. The van der Waals surface area contributed by atoms with E-state index in [9.17, 15) is 0 Å². The van der Waals surface area contributed by atoms with Crippen LogP contribution in [-0.4, -0.2) is 24.1 Å². The molecule has 15 aromatic rings. The zero-order chi connectivity index (χ0) is 48.7. The second-order valence-corrected chi connectivity index (χ2v) is 19.1. The molecule has 0 fully saturated rings. The molecule has 5 nitrogen and oxygen atoms in total.